The summed E-state index contributed by atoms with van der Waals surface area (Å²) in [5, 5.41) is -0.153. The van der Waals surface area contributed by atoms with Crippen molar-refractivity contribution in [2.45, 2.75) is 43.0 Å². The van der Waals surface area contributed by atoms with Gasteiger partial charge in [-0.2, -0.15) is 8.61 Å². The van der Waals surface area contributed by atoms with Gasteiger partial charge in [0.25, 0.3) is 15.9 Å². The molecule has 3 heterocycles. The van der Waals surface area contributed by atoms with Gasteiger partial charge in [0.15, 0.2) is 5.03 Å². The van der Waals surface area contributed by atoms with E-state index in [0.717, 1.165) is 10.0 Å². The molecule has 3 aromatic rings. The highest BCUT2D eigenvalue weighted by Gasteiger charge is 2.52. The van der Waals surface area contributed by atoms with Crippen molar-refractivity contribution in [1.29, 1.82) is 0 Å². The number of benzene rings is 2. The Balaban J connectivity index is 1.58. The van der Waals surface area contributed by atoms with E-state index in [-0.39, 0.29) is 43.6 Å². The first-order chi connectivity index (χ1) is 19.2. The molecule has 15 heteroatoms. The highest BCUT2D eigenvalue weighted by molar-refractivity contribution is 9.10. The topological polar surface area (TPSA) is 113 Å². The first-order valence-corrected chi connectivity index (χ1v) is 17.3. The lowest BCUT2D eigenvalue weighted by molar-refractivity contribution is -0.124. The zero-order valence-corrected chi connectivity index (χ0v) is 27.2. The number of amides is 1. The number of fused-ring (bicyclic) bond motifs is 1. The molecule has 0 bridgehead atoms. The third kappa shape index (κ3) is 5.34. The molecule has 1 atom stereocenters. The molecule has 2 aliphatic rings. The Hall–Kier alpha value is -2.00. The molecule has 0 radical (unpaired) electrons. The average Bonchev–Trinajstić information content (AvgIpc) is 3.43. The molecule has 0 aliphatic carbocycles. The zero-order chi connectivity index (χ0) is 29.9. The van der Waals surface area contributed by atoms with Gasteiger partial charge < -0.3 is 0 Å². The summed E-state index contributed by atoms with van der Waals surface area (Å²) < 4.78 is 58.3. The number of rotatable bonds is 7. The molecule has 1 amide bonds. The van der Waals surface area contributed by atoms with Crippen molar-refractivity contribution < 1.29 is 21.6 Å². The Morgan fingerprint density at radius 2 is 1.51 bits per heavy atom. The fourth-order valence-electron chi connectivity index (χ4n) is 5.21. The Labute approximate surface area is 258 Å². The normalized spacial score (nSPS) is 20.7. The van der Waals surface area contributed by atoms with E-state index >= 15 is 0 Å². The Morgan fingerprint density at radius 1 is 0.951 bits per heavy atom. The minimum Gasteiger partial charge on any atom is -0.284 e. The first kappa shape index (κ1) is 30.5. The minimum absolute atomic E-state index is 0.0280. The summed E-state index contributed by atoms with van der Waals surface area (Å²) in [5.74, 6) is -0.279. The van der Waals surface area contributed by atoms with Gasteiger partial charge in [-0.15, -0.1) is 0 Å². The molecule has 1 unspecified atom stereocenters. The number of sulfonamides is 2. The molecule has 0 saturated carbocycles. The Morgan fingerprint density at radius 3 is 2.07 bits per heavy atom. The number of imidazole rings is 1. The van der Waals surface area contributed by atoms with Crippen LogP contribution in [0.15, 0.2) is 58.2 Å². The van der Waals surface area contributed by atoms with E-state index in [1.807, 2.05) is 24.3 Å². The molecule has 1 aromatic heterocycles. The molecule has 1 saturated heterocycles. The largest absolute Gasteiger partial charge is 0.284 e. The van der Waals surface area contributed by atoms with Crippen LogP contribution in [0.25, 0.3) is 0 Å². The molecule has 41 heavy (non-hydrogen) atoms. The second-order valence-electron chi connectivity index (χ2n) is 10.5. The summed E-state index contributed by atoms with van der Waals surface area (Å²) in [6, 6.07) is 12.1. The van der Waals surface area contributed by atoms with Gasteiger partial charge in [-0.3, -0.25) is 9.36 Å². The summed E-state index contributed by atoms with van der Waals surface area (Å²) in [4.78, 5) is 20.0. The van der Waals surface area contributed by atoms with Crippen molar-refractivity contribution in [2.75, 3.05) is 31.1 Å². The van der Waals surface area contributed by atoms with Crippen LogP contribution in [0.5, 0.6) is 0 Å². The molecule has 10 nitrogen and oxygen atoms in total. The quantitative estimate of drug-likeness (QED) is 0.355. The van der Waals surface area contributed by atoms with Crippen molar-refractivity contribution >= 4 is 76.7 Å². The number of piperazine rings is 1. The lowest BCUT2D eigenvalue weighted by atomic mass is 9.92. The summed E-state index contributed by atoms with van der Waals surface area (Å²) in [7, 11) is -7.70. The Kier molecular flexibility index (Phi) is 8.12. The van der Waals surface area contributed by atoms with Crippen molar-refractivity contribution in [3.63, 3.8) is 0 Å². The van der Waals surface area contributed by atoms with E-state index in [1.165, 1.54) is 30.3 Å². The van der Waals surface area contributed by atoms with Crippen LogP contribution in [-0.4, -0.2) is 72.3 Å². The van der Waals surface area contributed by atoms with Gasteiger partial charge in [0.1, 0.15) is 5.54 Å². The molecule has 0 N–H and O–H groups in total. The number of aromatic nitrogens is 2. The van der Waals surface area contributed by atoms with Gasteiger partial charge in [0, 0.05) is 47.1 Å². The van der Waals surface area contributed by atoms with E-state index in [1.54, 1.807) is 32.9 Å². The monoisotopic (exact) mass is 703 g/mol. The third-order valence-corrected chi connectivity index (χ3v) is 12.5. The molecular formula is C26H28BrCl2N5O5S2. The predicted molar refractivity (Wildman–Crippen MR) is 162 cm³/mol. The molecule has 220 valence electrons. The summed E-state index contributed by atoms with van der Waals surface area (Å²) in [5.41, 5.74) is -0.208. The highest BCUT2D eigenvalue weighted by atomic mass is 79.9. The van der Waals surface area contributed by atoms with E-state index in [4.69, 9.17) is 23.2 Å². The lowest BCUT2D eigenvalue weighted by Gasteiger charge is -2.34. The van der Waals surface area contributed by atoms with Crippen LogP contribution in [-0.2, 0) is 36.8 Å². The number of anilines is 2. The van der Waals surface area contributed by atoms with Crippen molar-refractivity contribution in [1.82, 2.24) is 18.2 Å². The second kappa shape index (κ2) is 10.9. The van der Waals surface area contributed by atoms with Gasteiger partial charge in [-0.25, -0.2) is 26.7 Å². The van der Waals surface area contributed by atoms with E-state index < -0.39 is 36.7 Å². The summed E-state index contributed by atoms with van der Waals surface area (Å²) in [6.07, 6.45) is 1.42. The van der Waals surface area contributed by atoms with Gasteiger partial charge in [0.05, 0.1) is 17.1 Å². The van der Waals surface area contributed by atoms with Crippen LogP contribution >= 0.6 is 39.1 Å². The van der Waals surface area contributed by atoms with Crippen molar-refractivity contribution in [3.8, 4) is 0 Å². The highest BCUT2D eigenvalue weighted by Crippen LogP contribution is 2.45. The number of halogens is 3. The molecule has 2 aliphatic heterocycles. The second-order valence-corrected chi connectivity index (χ2v) is 16.6. The van der Waals surface area contributed by atoms with E-state index in [0.29, 0.717) is 15.7 Å². The predicted octanol–water partition coefficient (Wildman–Crippen LogP) is 4.63. The van der Waals surface area contributed by atoms with Crippen LogP contribution in [0.4, 0.5) is 11.6 Å². The minimum atomic E-state index is -4.17. The van der Waals surface area contributed by atoms with Gasteiger partial charge >= 0.3 is 0 Å². The van der Waals surface area contributed by atoms with Gasteiger partial charge in [-0.1, -0.05) is 51.3 Å². The zero-order valence-electron chi connectivity index (χ0n) is 22.5. The molecule has 5 rings (SSSR count). The van der Waals surface area contributed by atoms with Crippen molar-refractivity contribution in [3.05, 3.63) is 68.7 Å². The van der Waals surface area contributed by atoms with Crippen LogP contribution in [0.1, 0.15) is 26.3 Å². The third-order valence-electron chi connectivity index (χ3n) is 7.39. The van der Waals surface area contributed by atoms with Gasteiger partial charge in [-0.05, 0) is 56.7 Å². The number of hydrogen-bond acceptors (Lipinski definition) is 6. The van der Waals surface area contributed by atoms with Crippen molar-refractivity contribution in [2.24, 2.45) is 0 Å². The maximum Gasteiger partial charge on any atom is 0.260 e. The fraction of sp³-hybridized carbons (Fsp3) is 0.385. The van der Waals surface area contributed by atoms with Crippen LogP contribution in [0.2, 0.25) is 10.0 Å². The van der Waals surface area contributed by atoms with Crippen LogP contribution < -0.4 is 4.90 Å². The molecule has 2 aromatic carbocycles. The lowest BCUT2D eigenvalue weighted by Crippen LogP contribution is -2.52. The SMILES string of the molecule is CC(C)S(=O)(=O)N1CCN(S(=O)(=O)c2cnc3n2C(C)(Cc2ccc(Br)cc2)C(=O)N3c2cc(Cl)cc(Cl)c2)CC1. The maximum absolute atomic E-state index is 14.2. The van der Waals surface area contributed by atoms with Crippen LogP contribution in [0.3, 0.4) is 0 Å². The number of carbonyl (C=O) groups is 1. The van der Waals surface area contributed by atoms with E-state index in [9.17, 15) is 21.6 Å². The molecule has 1 fully saturated rings. The van der Waals surface area contributed by atoms with Crippen LogP contribution in [0, 0.1) is 0 Å². The Bertz CT molecular complexity index is 1700. The van der Waals surface area contributed by atoms with Gasteiger partial charge in [0.2, 0.25) is 16.0 Å². The number of carbonyl (C=O) groups excluding carboxylic acids is 1. The summed E-state index contributed by atoms with van der Waals surface area (Å²) >= 11 is 15.9. The standard InChI is InChI=1S/C26H28BrCl2N5O5S2/c1-17(2)40(36,37)31-8-10-32(11-9-31)41(38,39)23-16-30-25-33(22-13-20(28)12-21(29)14-22)24(35)26(3,34(23)25)15-18-4-6-19(27)7-5-18/h4-7,12-14,16-17H,8-11,15H2,1-3H3. The fourth-order valence-corrected chi connectivity index (χ4v) is 8.86. The first-order valence-electron chi connectivity index (χ1n) is 12.8. The van der Waals surface area contributed by atoms with E-state index in [2.05, 4.69) is 20.9 Å². The molecule has 0 spiro atoms. The summed E-state index contributed by atoms with van der Waals surface area (Å²) in [6.45, 7) is 4.87. The number of nitrogens with zero attached hydrogens (tertiary/aromatic N) is 5. The maximum atomic E-state index is 14.2. The average molecular weight is 705 g/mol. The smallest absolute Gasteiger partial charge is 0.260 e. The number of hydrogen-bond donors (Lipinski definition) is 0. The molecular weight excluding hydrogens is 677 g/mol.